The molecule has 2 N–H and O–H groups in total. The third kappa shape index (κ3) is 4.46. The lowest BCUT2D eigenvalue weighted by Gasteiger charge is -2.22. The van der Waals surface area contributed by atoms with Gasteiger partial charge in [0.05, 0.1) is 6.54 Å². The van der Waals surface area contributed by atoms with Gasteiger partial charge >= 0.3 is 0 Å². The summed E-state index contributed by atoms with van der Waals surface area (Å²) in [4.78, 5) is 28.1. The van der Waals surface area contributed by atoms with Crippen LogP contribution in [-0.2, 0) is 9.59 Å². The maximum atomic E-state index is 12.3. The monoisotopic (exact) mass is 303 g/mol. The van der Waals surface area contributed by atoms with Crippen LogP contribution in [0.5, 0.6) is 0 Å². The summed E-state index contributed by atoms with van der Waals surface area (Å²) >= 11 is 1.26. The highest BCUT2D eigenvalue weighted by molar-refractivity contribution is 8.15. The number of hydrogen-bond acceptors (Lipinski definition) is 4. The predicted molar refractivity (Wildman–Crippen MR) is 86.4 cm³/mol. The summed E-state index contributed by atoms with van der Waals surface area (Å²) in [5.41, 5.74) is 1.80. The topological polar surface area (TPSA) is 70.6 Å². The number of amides is 2. The average Bonchev–Trinajstić information content (AvgIpc) is 2.44. The standard InChI is InChI=1S/C15H17N3O2S/c1-3-7-16-15-18-13(19)9-12(21-15)14(20)17-11-6-4-5-10(2)8-11/h3-6,8,12H,1,7,9H2,2H3,(H,17,20)(H,16,18,19)/t12-/m0/s1. The van der Waals surface area contributed by atoms with E-state index in [0.717, 1.165) is 11.3 Å². The van der Waals surface area contributed by atoms with Gasteiger partial charge in [0, 0.05) is 12.1 Å². The van der Waals surface area contributed by atoms with E-state index in [1.807, 2.05) is 31.2 Å². The highest BCUT2D eigenvalue weighted by Crippen LogP contribution is 2.22. The van der Waals surface area contributed by atoms with Gasteiger partial charge in [-0.05, 0) is 24.6 Å². The highest BCUT2D eigenvalue weighted by atomic mass is 32.2. The fourth-order valence-corrected chi connectivity index (χ4v) is 2.85. The lowest BCUT2D eigenvalue weighted by atomic mass is 10.2. The quantitative estimate of drug-likeness (QED) is 0.837. The molecule has 0 radical (unpaired) electrons. The molecule has 1 aromatic rings. The molecule has 1 aliphatic rings. The van der Waals surface area contributed by atoms with Crippen LogP contribution in [0, 0.1) is 6.92 Å². The van der Waals surface area contributed by atoms with Crippen molar-refractivity contribution in [1.29, 1.82) is 0 Å². The summed E-state index contributed by atoms with van der Waals surface area (Å²) in [7, 11) is 0. The van der Waals surface area contributed by atoms with Gasteiger partial charge in [-0.25, -0.2) is 0 Å². The first-order valence-corrected chi connectivity index (χ1v) is 7.46. The SMILES string of the molecule is C=CCN=C1NC(=O)C[C@@H](C(=O)Nc2cccc(C)c2)S1. The largest absolute Gasteiger partial charge is 0.325 e. The second-order valence-corrected chi connectivity index (χ2v) is 5.84. The van der Waals surface area contributed by atoms with Gasteiger partial charge in [0.15, 0.2) is 5.17 Å². The normalized spacial score (nSPS) is 20.0. The second kappa shape index (κ2) is 7.08. The number of carbonyl (C=O) groups excluding carboxylic acids is 2. The number of aryl methyl sites for hydroxylation is 1. The van der Waals surface area contributed by atoms with E-state index < -0.39 is 5.25 Å². The first kappa shape index (κ1) is 15.3. The molecule has 5 nitrogen and oxygen atoms in total. The number of aliphatic imine (C=N–C) groups is 1. The Kier molecular flexibility index (Phi) is 5.16. The lowest BCUT2D eigenvalue weighted by molar-refractivity contribution is -0.123. The van der Waals surface area contributed by atoms with Crippen molar-refractivity contribution in [2.45, 2.75) is 18.6 Å². The number of thioether (sulfide) groups is 1. The molecule has 1 aromatic carbocycles. The van der Waals surface area contributed by atoms with Crippen molar-refractivity contribution >= 4 is 34.4 Å². The summed E-state index contributed by atoms with van der Waals surface area (Å²) in [6.07, 6.45) is 1.78. The summed E-state index contributed by atoms with van der Waals surface area (Å²) in [6, 6.07) is 7.55. The maximum Gasteiger partial charge on any atom is 0.238 e. The summed E-state index contributed by atoms with van der Waals surface area (Å²) < 4.78 is 0. The number of rotatable bonds is 4. The molecule has 2 rings (SSSR count). The number of nitrogens with zero attached hydrogens (tertiary/aromatic N) is 1. The Hall–Kier alpha value is -2.08. The van der Waals surface area contributed by atoms with E-state index in [4.69, 9.17) is 0 Å². The number of nitrogens with one attached hydrogen (secondary N) is 2. The maximum absolute atomic E-state index is 12.3. The molecular weight excluding hydrogens is 286 g/mol. The zero-order valence-corrected chi connectivity index (χ0v) is 12.6. The van der Waals surface area contributed by atoms with Crippen LogP contribution in [0.25, 0.3) is 0 Å². The molecule has 21 heavy (non-hydrogen) atoms. The van der Waals surface area contributed by atoms with Crippen LogP contribution >= 0.6 is 11.8 Å². The third-order valence-electron chi connectivity index (χ3n) is 2.81. The lowest BCUT2D eigenvalue weighted by Crippen LogP contribution is -2.42. The number of carbonyl (C=O) groups is 2. The molecular formula is C15H17N3O2S. The summed E-state index contributed by atoms with van der Waals surface area (Å²) in [5.74, 6) is -0.382. The molecule has 0 saturated carbocycles. The average molecular weight is 303 g/mol. The Morgan fingerprint density at radius 3 is 3.14 bits per heavy atom. The molecule has 2 amide bonds. The second-order valence-electron chi connectivity index (χ2n) is 4.65. The molecule has 1 atom stereocenters. The van der Waals surface area contributed by atoms with Crippen molar-refractivity contribution in [3.8, 4) is 0 Å². The highest BCUT2D eigenvalue weighted by Gasteiger charge is 2.30. The van der Waals surface area contributed by atoms with E-state index in [2.05, 4.69) is 22.2 Å². The van der Waals surface area contributed by atoms with Crippen molar-refractivity contribution in [3.63, 3.8) is 0 Å². The van der Waals surface area contributed by atoms with E-state index in [1.54, 1.807) is 6.08 Å². The van der Waals surface area contributed by atoms with Gasteiger partial charge in [0.1, 0.15) is 5.25 Å². The van der Waals surface area contributed by atoms with E-state index in [9.17, 15) is 9.59 Å². The zero-order chi connectivity index (χ0) is 15.2. The van der Waals surface area contributed by atoms with Crippen LogP contribution in [0.1, 0.15) is 12.0 Å². The first-order valence-electron chi connectivity index (χ1n) is 6.58. The molecule has 0 aliphatic carbocycles. The van der Waals surface area contributed by atoms with Crippen LogP contribution in [-0.4, -0.2) is 28.8 Å². The smallest absolute Gasteiger partial charge is 0.238 e. The fourth-order valence-electron chi connectivity index (χ4n) is 1.86. The minimum Gasteiger partial charge on any atom is -0.325 e. The van der Waals surface area contributed by atoms with E-state index in [0.29, 0.717) is 11.7 Å². The Labute approximate surface area is 127 Å². The van der Waals surface area contributed by atoms with E-state index in [1.165, 1.54) is 11.8 Å². The van der Waals surface area contributed by atoms with Gasteiger partial charge in [-0.1, -0.05) is 30.0 Å². The first-order chi connectivity index (χ1) is 10.1. The fraction of sp³-hybridized carbons (Fsp3) is 0.267. The van der Waals surface area contributed by atoms with Crippen LogP contribution in [0.4, 0.5) is 5.69 Å². The molecule has 0 spiro atoms. The number of benzene rings is 1. The van der Waals surface area contributed by atoms with Crippen LogP contribution in [0.2, 0.25) is 0 Å². The Bertz CT molecular complexity index is 598. The van der Waals surface area contributed by atoms with Crippen molar-refractivity contribution < 1.29 is 9.59 Å². The Morgan fingerprint density at radius 1 is 1.62 bits per heavy atom. The van der Waals surface area contributed by atoms with Crippen molar-refractivity contribution in [2.75, 3.05) is 11.9 Å². The molecule has 1 saturated heterocycles. The van der Waals surface area contributed by atoms with Gasteiger partial charge in [0.25, 0.3) is 0 Å². The van der Waals surface area contributed by atoms with E-state index in [-0.39, 0.29) is 18.2 Å². The molecule has 0 aromatic heterocycles. The summed E-state index contributed by atoms with van der Waals surface area (Å²) in [5, 5.41) is 5.49. The minimum absolute atomic E-state index is 0.148. The molecule has 110 valence electrons. The van der Waals surface area contributed by atoms with Crippen molar-refractivity contribution in [2.24, 2.45) is 4.99 Å². The zero-order valence-electron chi connectivity index (χ0n) is 11.8. The molecule has 0 bridgehead atoms. The number of anilines is 1. The van der Waals surface area contributed by atoms with E-state index >= 15 is 0 Å². The Morgan fingerprint density at radius 2 is 2.43 bits per heavy atom. The predicted octanol–water partition coefficient (Wildman–Crippen LogP) is 2.10. The number of hydrogen-bond donors (Lipinski definition) is 2. The molecule has 6 heteroatoms. The van der Waals surface area contributed by atoms with Crippen LogP contribution in [0.15, 0.2) is 41.9 Å². The number of amidine groups is 1. The van der Waals surface area contributed by atoms with Gasteiger partial charge in [-0.15, -0.1) is 6.58 Å². The van der Waals surface area contributed by atoms with Gasteiger partial charge in [-0.2, -0.15) is 0 Å². The summed E-state index contributed by atoms with van der Waals surface area (Å²) in [6.45, 7) is 5.94. The van der Waals surface area contributed by atoms with Crippen LogP contribution < -0.4 is 10.6 Å². The molecule has 1 aliphatic heterocycles. The van der Waals surface area contributed by atoms with Crippen LogP contribution in [0.3, 0.4) is 0 Å². The van der Waals surface area contributed by atoms with Crippen molar-refractivity contribution in [1.82, 2.24) is 5.32 Å². The van der Waals surface area contributed by atoms with Gasteiger partial charge < -0.3 is 10.6 Å². The third-order valence-corrected chi connectivity index (χ3v) is 3.93. The van der Waals surface area contributed by atoms with Gasteiger partial charge in [0.2, 0.25) is 11.8 Å². The molecule has 1 heterocycles. The molecule has 0 unspecified atom stereocenters. The Balaban J connectivity index is 2.04. The molecule has 1 fully saturated rings. The van der Waals surface area contributed by atoms with Gasteiger partial charge in [-0.3, -0.25) is 14.6 Å². The minimum atomic E-state index is -0.470. The van der Waals surface area contributed by atoms with Crippen molar-refractivity contribution in [3.05, 3.63) is 42.5 Å².